The van der Waals surface area contributed by atoms with Gasteiger partial charge in [0.05, 0.1) is 11.4 Å². The third-order valence-corrected chi connectivity index (χ3v) is 6.95. The lowest BCUT2D eigenvalue weighted by molar-refractivity contribution is -0.116. The summed E-state index contributed by atoms with van der Waals surface area (Å²) in [5.74, 6) is 1.51. The van der Waals surface area contributed by atoms with Gasteiger partial charge in [0.2, 0.25) is 11.8 Å². The highest BCUT2D eigenvalue weighted by molar-refractivity contribution is 8.00. The van der Waals surface area contributed by atoms with Crippen LogP contribution in [0.3, 0.4) is 0 Å². The fraction of sp³-hybridized carbons (Fsp3) is 0.217. The number of hydrogen-bond donors (Lipinski definition) is 1. The first-order valence-electron chi connectivity index (χ1n) is 9.99. The quantitative estimate of drug-likeness (QED) is 0.294. The molecule has 0 spiro atoms. The zero-order chi connectivity index (χ0) is 22.5. The molecule has 0 aliphatic carbocycles. The minimum Gasteiger partial charge on any atom is -0.339 e. The number of thioether (sulfide) groups is 1. The number of thiazole rings is 1. The molecule has 2 heterocycles. The molecule has 9 heteroatoms. The summed E-state index contributed by atoms with van der Waals surface area (Å²) < 4.78 is 6.22. The number of halogens is 1. The maximum Gasteiger partial charge on any atom is 0.227 e. The SMILES string of the molecule is Cc1ccc(NC(=O)CCc2nc(CSc3nc(-c4ccc(Cl)cc4)cs3)no2)c(C)c1. The Bertz CT molecular complexity index is 1220. The fourth-order valence-corrected chi connectivity index (χ4v) is 4.84. The lowest BCUT2D eigenvalue weighted by Crippen LogP contribution is -2.13. The van der Waals surface area contributed by atoms with Gasteiger partial charge in [-0.3, -0.25) is 4.79 Å². The number of carbonyl (C=O) groups is 1. The highest BCUT2D eigenvalue weighted by Gasteiger charge is 2.12. The predicted molar refractivity (Wildman–Crippen MR) is 129 cm³/mol. The van der Waals surface area contributed by atoms with E-state index in [1.165, 1.54) is 0 Å². The maximum atomic E-state index is 12.3. The van der Waals surface area contributed by atoms with Crippen LogP contribution in [0.15, 0.2) is 56.7 Å². The monoisotopic (exact) mass is 484 g/mol. The first kappa shape index (κ1) is 22.5. The molecule has 0 atom stereocenters. The van der Waals surface area contributed by atoms with Gasteiger partial charge in [0.15, 0.2) is 10.2 Å². The van der Waals surface area contributed by atoms with Crippen LogP contribution in [-0.2, 0) is 17.0 Å². The molecule has 0 saturated heterocycles. The van der Waals surface area contributed by atoms with E-state index in [2.05, 4.69) is 20.4 Å². The smallest absolute Gasteiger partial charge is 0.227 e. The summed E-state index contributed by atoms with van der Waals surface area (Å²) in [5, 5.41) is 9.67. The van der Waals surface area contributed by atoms with Gasteiger partial charge in [-0.2, -0.15) is 4.98 Å². The average Bonchev–Trinajstić information content (AvgIpc) is 3.43. The second-order valence-corrected chi connectivity index (χ2v) is 9.78. The number of aromatic nitrogens is 3. The van der Waals surface area contributed by atoms with E-state index in [0.717, 1.165) is 32.4 Å². The number of amides is 1. The van der Waals surface area contributed by atoms with Crippen LogP contribution in [0.1, 0.15) is 29.3 Å². The fourth-order valence-electron chi connectivity index (χ4n) is 3.04. The van der Waals surface area contributed by atoms with Crippen molar-refractivity contribution in [3.05, 3.63) is 75.7 Å². The molecule has 164 valence electrons. The van der Waals surface area contributed by atoms with Gasteiger partial charge in [0.25, 0.3) is 0 Å². The van der Waals surface area contributed by atoms with Crippen molar-refractivity contribution in [3.8, 4) is 11.3 Å². The predicted octanol–water partition coefficient (Wildman–Crippen LogP) is 6.33. The summed E-state index contributed by atoms with van der Waals surface area (Å²) >= 11 is 9.07. The van der Waals surface area contributed by atoms with Gasteiger partial charge in [-0.25, -0.2) is 4.98 Å². The molecular weight excluding hydrogens is 464 g/mol. The number of hydrogen-bond acceptors (Lipinski definition) is 7. The Morgan fingerprint density at radius 1 is 1.16 bits per heavy atom. The van der Waals surface area contributed by atoms with E-state index in [-0.39, 0.29) is 12.3 Å². The van der Waals surface area contributed by atoms with Crippen molar-refractivity contribution < 1.29 is 9.32 Å². The van der Waals surface area contributed by atoms with E-state index in [1.54, 1.807) is 23.1 Å². The van der Waals surface area contributed by atoms with Crippen LogP contribution in [0.25, 0.3) is 11.3 Å². The summed E-state index contributed by atoms with van der Waals surface area (Å²) in [6.45, 7) is 4.00. The van der Waals surface area contributed by atoms with Crippen molar-refractivity contribution in [2.75, 3.05) is 5.32 Å². The second kappa shape index (κ2) is 10.3. The lowest BCUT2D eigenvalue weighted by atomic mass is 10.1. The molecule has 6 nitrogen and oxygen atoms in total. The molecule has 32 heavy (non-hydrogen) atoms. The number of nitrogens with zero attached hydrogens (tertiary/aromatic N) is 3. The van der Waals surface area contributed by atoms with E-state index >= 15 is 0 Å². The topological polar surface area (TPSA) is 80.9 Å². The standard InChI is InChI=1S/C23H21ClN4O2S2/c1-14-3-8-18(15(2)11-14)25-21(29)9-10-22-27-20(28-30-22)13-32-23-26-19(12-31-23)16-4-6-17(24)7-5-16/h3-8,11-12H,9-10,13H2,1-2H3,(H,25,29). The largest absolute Gasteiger partial charge is 0.339 e. The van der Waals surface area contributed by atoms with Gasteiger partial charge in [-0.1, -0.05) is 58.3 Å². The number of aryl methyl sites for hydroxylation is 3. The summed E-state index contributed by atoms with van der Waals surface area (Å²) in [4.78, 5) is 21.3. The minimum atomic E-state index is -0.0800. The zero-order valence-corrected chi connectivity index (χ0v) is 20.0. The van der Waals surface area contributed by atoms with Crippen LogP contribution in [0.4, 0.5) is 5.69 Å². The molecule has 0 fully saturated rings. The van der Waals surface area contributed by atoms with Crippen LogP contribution in [0, 0.1) is 13.8 Å². The van der Waals surface area contributed by atoms with Crippen LogP contribution in [0.5, 0.6) is 0 Å². The van der Waals surface area contributed by atoms with Crippen LogP contribution < -0.4 is 5.32 Å². The molecule has 2 aromatic carbocycles. The lowest BCUT2D eigenvalue weighted by Gasteiger charge is -2.08. The maximum absolute atomic E-state index is 12.3. The van der Waals surface area contributed by atoms with Crippen molar-refractivity contribution in [1.29, 1.82) is 0 Å². The minimum absolute atomic E-state index is 0.0800. The number of anilines is 1. The zero-order valence-electron chi connectivity index (χ0n) is 17.6. The first-order valence-corrected chi connectivity index (χ1v) is 12.2. The second-order valence-electron chi connectivity index (χ2n) is 7.27. The van der Waals surface area contributed by atoms with Crippen LogP contribution in [0.2, 0.25) is 5.02 Å². The molecule has 0 radical (unpaired) electrons. The van der Waals surface area contributed by atoms with E-state index in [1.807, 2.05) is 61.7 Å². The Kier molecular flexibility index (Phi) is 7.24. The highest BCUT2D eigenvalue weighted by Crippen LogP contribution is 2.30. The number of carbonyl (C=O) groups excluding carboxylic acids is 1. The molecule has 0 unspecified atom stereocenters. The summed E-state index contributed by atoms with van der Waals surface area (Å²) in [6, 6.07) is 13.5. The van der Waals surface area contributed by atoms with Gasteiger partial charge < -0.3 is 9.84 Å². The van der Waals surface area contributed by atoms with Crippen molar-refractivity contribution in [1.82, 2.24) is 15.1 Å². The van der Waals surface area contributed by atoms with Crippen molar-refractivity contribution in [2.24, 2.45) is 0 Å². The molecule has 0 aliphatic heterocycles. The van der Waals surface area contributed by atoms with E-state index in [4.69, 9.17) is 16.1 Å². The van der Waals surface area contributed by atoms with E-state index in [9.17, 15) is 4.79 Å². The number of nitrogens with one attached hydrogen (secondary N) is 1. The molecule has 0 aliphatic rings. The van der Waals surface area contributed by atoms with E-state index in [0.29, 0.717) is 28.9 Å². The van der Waals surface area contributed by atoms with Gasteiger partial charge >= 0.3 is 0 Å². The van der Waals surface area contributed by atoms with Crippen molar-refractivity contribution in [2.45, 2.75) is 36.8 Å². The molecular formula is C23H21ClN4O2S2. The molecule has 0 bridgehead atoms. The molecule has 2 aromatic heterocycles. The summed E-state index contributed by atoms with van der Waals surface area (Å²) in [5.41, 5.74) is 4.97. The molecule has 4 rings (SSSR count). The van der Waals surface area contributed by atoms with Gasteiger partial charge in [-0.15, -0.1) is 11.3 Å². The van der Waals surface area contributed by atoms with Crippen LogP contribution in [-0.4, -0.2) is 21.0 Å². The van der Waals surface area contributed by atoms with Crippen molar-refractivity contribution in [3.63, 3.8) is 0 Å². The van der Waals surface area contributed by atoms with Crippen LogP contribution >= 0.6 is 34.7 Å². The number of benzene rings is 2. The average molecular weight is 485 g/mol. The summed E-state index contributed by atoms with van der Waals surface area (Å²) in [6.07, 6.45) is 0.672. The molecule has 0 saturated carbocycles. The Balaban J connectivity index is 1.26. The van der Waals surface area contributed by atoms with Gasteiger partial charge in [0, 0.05) is 34.5 Å². The first-order chi connectivity index (χ1) is 15.5. The van der Waals surface area contributed by atoms with Crippen molar-refractivity contribution >= 4 is 46.3 Å². The Morgan fingerprint density at radius 2 is 1.97 bits per heavy atom. The number of rotatable bonds is 8. The van der Waals surface area contributed by atoms with Gasteiger partial charge in [0.1, 0.15) is 0 Å². The Labute approximate surface area is 199 Å². The summed E-state index contributed by atoms with van der Waals surface area (Å²) in [7, 11) is 0. The Morgan fingerprint density at radius 3 is 2.75 bits per heavy atom. The van der Waals surface area contributed by atoms with Gasteiger partial charge in [-0.05, 0) is 37.6 Å². The molecule has 1 amide bonds. The highest BCUT2D eigenvalue weighted by atomic mass is 35.5. The Hall–Kier alpha value is -2.68. The van der Waals surface area contributed by atoms with E-state index < -0.39 is 0 Å². The third-order valence-electron chi connectivity index (χ3n) is 4.68. The third kappa shape index (κ3) is 5.97. The molecule has 4 aromatic rings. The normalized spacial score (nSPS) is 11.0. The molecule has 1 N–H and O–H groups in total.